The minimum atomic E-state index is -4.34. The van der Waals surface area contributed by atoms with E-state index in [1.54, 1.807) is 23.1 Å². The molecule has 0 fully saturated rings. The standard InChI is InChI=1S/C26H26N2O6S4/c1-18-8-10-21-23(16-18)36-24(27(21)12-4-14-37(29,30)31)17-25-28(13-5-15-38(32,33)34)26-20-7-3-2-6-19(20)9-11-22(26)35-25/h2-3,6-11,16-17H,4-5,12-15H2,1H3,(H-,29,30,31,32,33,34)/p-1. The van der Waals surface area contributed by atoms with Crippen LogP contribution < -0.4 is 9.47 Å². The first-order valence-electron chi connectivity index (χ1n) is 12.0. The van der Waals surface area contributed by atoms with Gasteiger partial charge in [-0.3, -0.25) is 0 Å². The number of hydrogen-bond acceptors (Lipinski definition) is 9. The van der Waals surface area contributed by atoms with Gasteiger partial charge in [0.05, 0.1) is 42.4 Å². The number of aryl methyl sites for hydroxylation is 2. The first-order valence-corrected chi connectivity index (χ1v) is 16.8. The van der Waals surface area contributed by atoms with Crippen LogP contribution in [0.4, 0.5) is 5.69 Å². The third kappa shape index (κ3) is 6.05. The van der Waals surface area contributed by atoms with Gasteiger partial charge in [-0.1, -0.05) is 53.4 Å². The molecule has 8 nitrogen and oxygen atoms in total. The van der Waals surface area contributed by atoms with Gasteiger partial charge in [-0.15, -0.1) is 0 Å². The van der Waals surface area contributed by atoms with E-state index in [0.717, 1.165) is 47.2 Å². The lowest BCUT2D eigenvalue weighted by Gasteiger charge is -2.20. The zero-order valence-corrected chi connectivity index (χ0v) is 23.8. The van der Waals surface area contributed by atoms with E-state index in [2.05, 4.69) is 16.7 Å². The molecule has 3 aromatic carbocycles. The number of thiazole rings is 1. The first kappa shape index (κ1) is 27.1. The highest BCUT2D eigenvalue weighted by atomic mass is 32.2. The molecule has 38 heavy (non-hydrogen) atoms. The van der Waals surface area contributed by atoms with E-state index in [0.29, 0.717) is 13.1 Å². The Kier molecular flexibility index (Phi) is 7.55. The second-order valence-corrected chi connectivity index (χ2v) is 14.3. The Hall–Kier alpha value is -2.48. The smallest absolute Gasteiger partial charge is 0.265 e. The molecular formula is C26H25N2O6S4-. The van der Waals surface area contributed by atoms with Crippen molar-refractivity contribution in [2.24, 2.45) is 0 Å². The van der Waals surface area contributed by atoms with Gasteiger partial charge in [-0.2, -0.15) is 4.57 Å². The molecule has 0 radical (unpaired) electrons. The van der Waals surface area contributed by atoms with E-state index in [1.807, 2.05) is 60.4 Å². The number of benzene rings is 3. The average Bonchev–Trinajstić information content (AvgIpc) is 3.35. The molecule has 1 aliphatic rings. The Morgan fingerprint density at radius 2 is 1.68 bits per heavy atom. The fourth-order valence-corrected chi connectivity index (χ4v) is 8.06. The highest BCUT2D eigenvalue weighted by Crippen LogP contribution is 2.47. The summed E-state index contributed by atoms with van der Waals surface area (Å²) in [6.45, 7) is 2.71. The molecule has 0 saturated heterocycles. The molecule has 5 rings (SSSR count). The molecule has 0 aliphatic carbocycles. The SMILES string of the molecule is Cc1ccc2c(c1)S/C(=C\c1sc3ccc4ccccc4c3[n+]1CCCS(=O)(=O)[O-])N2CCCS(=O)(=O)[O-]. The Labute approximate surface area is 230 Å². The summed E-state index contributed by atoms with van der Waals surface area (Å²) in [4.78, 5) is 3.07. The summed E-state index contributed by atoms with van der Waals surface area (Å²) in [5.41, 5.74) is 3.02. The number of anilines is 1. The molecule has 0 saturated carbocycles. The van der Waals surface area contributed by atoms with Crippen molar-refractivity contribution < 1.29 is 30.5 Å². The molecule has 0 unspecified atom stereocenters. The summed E-state index contributed by atoms with van der Waals surface area (Å²) in [6, 6.07) is 18.1. The minimum Gasteiger partial charge on any atom is -0.748 e. The molecule has 0 N–H and O–H groups in total. The summed E-state index contributed by atoms with van der Waals surface area (Å²) in [5.74, 6) is -0.894. The fraction of sp³-hybridized carbons (Fsp3) is 0.269. The van der Waals surface area contributed by atoms with Crippen molar-refractivity contribution in [3.05, 3.63) is 70.2 Å². The van der Waals surface area contributed by atoms with Crippen molar-refractivity contribution in [3.8, 4) is 0 Å². The summed E-state index contributed by atoms with van der Waals surface area (Å²) in [6.07, 6.45) is 2.39. The number of nitrogens with zero attached hydrogens (tertiary/aromatic N) is 2. The van der Waals surface area contributed by atoms with Gasteiger partial charge < -0.3 is 14.0 Å². The van der Waals surface area contributed by atoms with Crippen LogP contribution in [0, 0.1) is 6.92 Å². The van der Waals surface area contributed by atoms with Crippen LogP contribution >= 0.6 is 23.1 Å². The van der Waals surface area contributed by atoms with Crippen molar-refractivity contribution in [2.45, 2.75) is 31.2 Å². The lowest BCUT2D eigenvalue weighted by Crippen LogP contribution is -2.36. The lowest BCUT2D eigenvalue weighted by atomic mass is 10.1. The summed E-state index contributed by atoms with van der Waals surface area (Å²) >= 11 is 3.14. The normalized spacial score (nSPS) is 15.1. The van der Waals surface area contributed by atoms with Crippen LogP contribution in [-0.4, -0.2) is 44.0 Å². The number of rotatable bonds is 9. The van der Waals surface area contributed by atoms with Crippen LogP contribution in [0.25, 0.3) is 27.1 Å². The minimum absolute atomic E-state index is 0.180. The number of thioether (sulfide) groups is 1. The molecule has 12 heteroatoms. The maximum atomic E-state index is 11.3. The zero-order chi connectivity index (χ0) is 27.1. The third-order valence-corrected chi connectivity index (χ3v) is 10.1. The highest BCUT2D eigenvalue weighted by Gasteiger charge is 2.28. The van der Waals surface area contributed by atoms with Gasteiger partial charge in [0.25, 0.3) is 5.01 Å². The molecule has 1 aromatic heterocycles. The maximum absolute atomic E-state index is 11.3. The van der Waals surface area contributed by atoms with Gasteiger partial charge in [0.15, 0.2) is 6.54 Å². The first-order chi connectivity index (χ1) is 18.0. The predicted octanol–water partition coefficient (Wildman–Crippen LogP) is 4.43. The molecule has 4 aromatic rings. The molecule has 1 aliphatic heterocycles. The Balaban J connectivity index is 1.60. The molecule has 200 valence electrons. The van der Waals surface area contributed by atoms with Gasteiger partial charge >= 0.3 is 0 Å². The topological polar surface area (TPSA) is 122 Å². The van der Waals surface area contributed by atoms with Crippen molar-refractivity contribution in [3.63, 3.8) is 0 Å². The molecule has 2 heterocycles. The van der Waals surface area contributed by atoms with E-state index in [4.69, 9.17) is 0 Å². The second-order valence-electron chi connectivity index (χ2n) is 9.16. The monoisotopic (exact) mass is 589 g/mol. The van der Waals surface area contributed by atoms with Crippen LogP contribution in [-0.2, 0) is 26.8 Å². The number of hydrogen-bond donors (Lipinski definition) is 0. The average molecular weight is 590 g/mol. The van der Waals surface area contributed by atoms with E-state index >= 15 is 0 Å². The van der Waals surface area contributed by atoms with Gasteiger partial charge in [-0.25, -0.2) is 16.8 Å². The molecule has 0 atom stereocenters. The van der Waals surface area contributed by atoms with Crippen LogP contribution in [0.5, 0.6) is 0 Å². The van der Waals surface area contributed by atoms with E-state index in [1.165, 1.54) is 0 Å². The molecule has 0 bridgehead atoms. The fourth-order valence-electron chi connectivity index (χ4n) is 4.66. The van der Waals surface area contributed by atoms with E-state index in [9.17, 15) is 25.9 Å². The largest absolute Gasteiger partial charge is 0.748 e. The van der Waals surface area contributed by atoms with Crippen LogP contribution in [0.15, 0.2) is 64.5 Å². The lowest BCUT2D eigenvalue weighted by molar-refractivity contribution is -0.667. The van der Waals surface area contributed by atoms with Gasteiger partial charge in [0.2, 0.25) is 5.52 Å². The van der Waals surface area contributed by atoms with E-state index < -0.39 is 31.7 Å². The summed E-state index contributed by atoms with van der Waals surface area (Å²) in [5, 5.41) is 3.86. The molecule has 0 spiro atoms. The molecular weight excluding hydrogens is 565 g/mol. The number of aromatic nitrogens is 1. The Morgan fingerprint density at radius 1 is 0.947 bits per heavy atom. The van der Waals surface area contributed by atoms with Crippen LogP contribution in [0.2, 0.25) is 0 Å². The van der Waals surface area contributed by atoms with Crippen LogP contribution in [0.1, 0.15) is 23.4 Å². The Bertz CT molecular complexity index is 1780. The van der Waals surface area contributed by atoms with E-state index in [-0.39, 0.29) is 12.8 Å². The quantitative estimate of drug-likeness (QED) is 0.208. The summed E-state index contributed by atoms with van der Waals surface area (Å²) < 4.78 is 70.7. The zero-order valence-electron chi connectivity index (χ0n) is 20.5. The third-order valence-electron chi connectivity index (χ3n) is 6.30. The van der Waals surface area contributed by atoms with Crippen molar-refractivity contribution >= 4 is 76.1 Å². The van der Waals surface area contributed by atoms with Crippen LogP contribution in [0.3, 0.4) is 0 Å². The number of fused-ring (bicyclic) bond motifs is 4. The maximum Gasteiger partial charge on any atom is 0.265 e. The van der Waals surface area contributed by atoms with Gasteiger partial charge in [-0.05, 0) is 48.6 Å². The second kappa shape index (κ2) is 10.6. The summed E-state index contributed by atoms with van der Waals surface area (Å²) in [7, 11) is -8.67. The van der Waals surface area contributed by atoms with Crippen molar-refractivity contribution in [1.29, 1.82) is 0 Å². The van der Waals surface area contributed by atoms with Gasteiger partial charge in [0, 0.05) is 29.4 Å². The highest BCUT2D eigenvalue weighted by molar-refractivity contribution is 8.04. The molecule has 0 amide bonds. The van der Waals surface area contributed by atoms with Crippen molar-refractivity contribution in [1.82, 2.24) is 0 Å². The predicted molar refractivity (Wildman–Crippen MR) is 150 cm³/mol. The van der Waals surface area contributed by atoms with Crippen molar-refractivity contribution in [2.75, 3.05) is 23.0 Å². The Morgan fingerprint density at radius 3 is 2.45 bits per heavy atom. The van der Waals surface area contributed by atoms with Gasteiger partial charge in [0.1, 0.15) is 4.70 Å².